The number of aromatic nitrogens is 1. The molecular formula is C9H14N2O2S. The third-order valence-electron chi connectivity index (χ3n) is 1.70. The van der Waals surface area contributed by atoms with Crippen molar-refractivity contribution in [3.63, 3.8) is 0 Å². The summed E-state index contributed by atoms with van der Waals surface area (Å²) < 4.78 is 0. The topological polar surface area (TPSA) is 53.4 Å². The first kappa shape index (κ1) is 11.1. The highest BCUT2D eigenvalue weighted by Gasteiger charge is 2.05. The molecular weight excluding hydrogens is 200 g/mol. The Morgan fingerprint density at radius 2 is 2.36 bits per heavy atom. The first-order valence-corrected chi connectivity index (χ1v) is 5.19. The Morgan fingerprint density at radius 1 is 1.64 bits per heavy atom. The Labute approximate surface area is 87.2 Å². The lowest BCUT2D eigenvalue weighted by atomic mass is 10.4. The van der Waals surface area contributed by atoms with Gasteiger partial charge in [0.2, 0.25) is 0 Å². The highest BCUT2D eigenvalue weighted by Crippen LogP contribution is 2.14. The van der Waals surface area contributed by atoms with Crippen molar-refractivity contribution >= 4 is 17.3 Å². The van der Waals surface area contributed by atoms with Crippen molar-refractivity contribution in [2.24, 2.45) is 0 Å². The minimum atomic E-state index is -0.798. The first-order valence-electron chi connectivity index (χ1n) is 4.38. The summed E-state index contributed by atoms with van der Waals surface area (Å²) in [4.78, 5) is 17.5. The largest absolute Gasteiger partial charge is 0.481 e. The number of carboxylic acids is 1. The number of hydrogen-bond donors (Lipinski definition) is 1. The molecule has 0 radical (unpaired) electrons. The van der Waals surface area contributed by atoms with E-state index in [9.17, 15) is 4.79 Å². The van der Waals surface area contributed by atoms with E-state index in [1.165, 1.54) is 11.3 Å². The lowest BCUT2D eigenvalue weighted by molar-refractivity contribution is -0.136. The van der Waals surface area contributed by atoms with Gasteiger partial charge in [-0.25, -0.2) is 4.98 Å². The van der Waals surface area contributed by atoms with Crippen LogP contribution in [0.15, 0.2) is 6.20 Å². The Bertz CT molecular complexity index is 310. The van der Waals surface area contributed by atoms with Crippen LogP contribution in [-0.2, 0) is 17.6 Å². The van der Waals surface area contributed by atoms with Crippen molar-refractivity contribution in [3.05, 3.63) is 16.1 Å². The molecule has 0 aliphatic rings. The molecule has 0 fully saturated rings. The Morgan fingerprint density at radius 3 is 2.93 bits per heavy atom. The summed E-state index contributed by atoms with van der Waals surface area (Å²) in [5, 5.41) is 9.57. The van der Waals surface area contributed by atoms with E-state index < -0.39 is 5.97 Å². The molecule has 0 unspecified atom stereocenters. The predicted octanol–water partition coefficient (Wildman–Crippen LogP) is 0.874. The average Bonchev–Trinajstić information content (AvgIpc) is 2.47. The van der Waals surface area contributed by atoms with Gasteiger partial charge in [-0.15, -0.1) is 11.3 Å². The molecule has 0 saturated carbocycles. The van der Waals surface area contributed by atoms with Crippen LogP contribution in [0.1, 0.15) is 9.88 Å². The van der Waals surface area contributed by atoms with Crippen molar-refractivity contribution in [3.8, 4) is 0 Å². The second-order valence-electron chi connectivity index (χ2n) is 3.34. The van der Waals surface area contributed by atoms with Gasteiger partial charge in [0.05, 0.1) is 11.4 Å². The zero-order valence-electron chi connectivity index (χ0n) is 8.36. The zero-order chi connectivity index (χ0) is 10.6. The summed E-state index contributed by atoms with van der Waals surface area (Å²) in [6, 6.07) is 0. The molecule has 5 heteroatoms. The molecule has 0 aliphatic heterocycles. The molecule has 78 valence electrons. The van der Waals surface area contributed by atoms with Gasteiger partial charge in [0, 0.05) is 24.0 Å². The van der Waals surface area contributed by atoms with Gasteiger partial charge in [0.15, 0.2) is 0 Å². The molecule has 0 amide bonds. The number of nitrogens with zero attached hydrogens (tertiary/aromatic N) is 2. The fraction of sp³-hybridized carbons (Fsp3) is 0.556. The summed E-state index contributed by atoms with van der Waals surface area (Å²) in [6.07, 6.45) is 2.63. The standard InChI is InChI=1S/C9H14N2O2S/c1-11(2)4-3-8-10-6-7(14-8)5-9(12)13/h6H,3-5H2,1-2H3,(H,12,13). The maximum atomic E-state index is 10.4. The van der Waals surface area contributed by atoms with E-state index in [-0.39, 0.29) is 6.42 Å². The summed E-state index contributed by atoms with van der Waals surface area (Å²) in [5.41, 5.74) is 0. The third-order valence-corrected chi connectivity index (χ3v) is 2.76. The first-order chi connectivity index (χ1) is 6.58. The maximum Gasteiger partial charge on any atom is 0.308 e. The molecule has 1 aromatic heterocycles. The molecule has 0 saturated heterocycles. The summed E-state index contributed by atoms with van der Waals surface area (Å²) in [7, 11) is 4.01. The second-order valence-corrected chi connectivity index (χ2v) is 4.54. The fourth-order valence-corrected chi connectivity index (χ4v) is 1.92. The van der Waals surface area contributed by atoms with Gasteiger partial charge in [-0.3, -0.25) is 4.79 Å². The number of hydrogen-bond acceptors (Lipinski definition) is 4. The van der Waals surface area contributed by atoms with Crippen LogP contribution in [0, 0.1) is 0 Å². The van der Waals surface area contributed by atoms with Gasteiger partial charge in [0.1, 0.15) is 0 Å². The third kappa shape index (κ3) is 3.85. The lowest BCUT2D eigenvalue weighted by Gasteiger charge is -2.06. The number of rotatable bonds is 5. The SMILES string of the molecule is CN(C)CCc1ncc(CC(=O)O)s1. The molecule has 1 heterocycles. The summed E-state index contributed by atoms with van der Waals surface area (Å²) in [6.45, 7) is 0.944. The molecule has 4 nitrogen and oxygen atoms in total. The van der Waals surface area contributed by atoms with Crippen molar-refractivity contribution in [2.75, 3.05) is 20.6 Å². The Kier molecular flexibility index (Phi) is 4.03. The molecule has 1 rings (SSSR count). The van der Waals surface area contributed by atoms with Crippen molar-refractivity contribution < 1.29 is 9.90 Å². The van der Waals surface area contributed by atoms with Crippen LogP contribution < -0.4 is 0 Å². The van der Waals surface area contributed by atoms with Gasteiger partial charge in [0.25, 0.3) is 0 Å². The van der Waals surface area contributed by atoms with Crippen LogP contribution in [0.5, 0.6) is 0 Å². The average molecular weight is 214 g/mol. The summed E-state index contributed by atoms with van der Waals surface area (Å²) >= 11 is 1.48. The predicted molar refractivity (Wildman–Crippen MR) is 55.7 cm³/mol. The number of thiazole rings is 1. The molecule has 0 aliphatic carbocycles. The van der Waals surface area contributed by atoms with Gasteiger partial charge >= 0.3 is 5.97 Å². The molecule has 14 heavy (non-hydrogen) atoms. The van der Waals surface area contributed by atoms with Crippen LogP contribution >= 0.6 is 11.3 Å². The molecule has 0 aromatic carbocycles. The normalized spacial score (nSPS) is 10.8. The van der Waals surface area contributed by atoms with E-state index in [2.05, 4.69) is 9.88 Å². The van der Waals surface area contributed by atoms with Gasteiger partial charge in [-0.05, 0) is 14.1 Å². The van der Waals surface area contributed by atoms with Crippen molar-refractivity contribution in [2.45, 2.75) is 12.8 Å². The fourth-order valence-electron chi connectivity index (χ4n) is 1.01. The lowest BCUT2D eigenvalue weighted by Crippen LogP contribution is -2.14. The molecule has 1 N–H and O–H groups in total. The second kappa shape index (κ2) is 5.07. The highest BCUT2D eigenvalue weighted by atomic mass is 32.1. The van der Waals surface area contributed by atoms with Crippen LogP contribution in [0.2, 0.25) is 0 Å². The van der Waals surface area contributed by atoms with E-state index in [1.807, 2.05) is 14.1 Å². The number of aliphatic carboxylic acids is 1. The van der Waals surface area contributed by atoms with E-state index in [1.54, 1.807) is 6.20 Å². The van der Waals surface area contributed by atoms with Gasteiger partial charge in [-0.2, -0.15) is 0 Å². The number of carboxylic acid groups (broad SMARTS) is 1. The minimum Gasteiger partial charge on any atom is -0.481 e. The number of likely N-dealkylation sites (N-methyl/N-ethyl adjacent to an activating group) is 1. The molecule has 0 spiro atoms. The van der Waals surface area contributed by atoms with E-state index in [0.29, 0.717) is 0 Å². The van der Waals surface area contributed by atoms with Gasteiger partial charge < -0.3 is 10.0 Å². The van der Waals surface area contributed by atoms with Crippen LogP contribution in [0.4, 0.5) is 0 Å². The van der Waals surface area contributed by atoms with Crippen LogP contribution in [0.25, 0.3) is 0 Å². The quantitative estimate of drug-likeness (QED) is 0.790. The van der Waals surface area contributed by atoms with E-state index in [0.717, 1.165) is 22.9 Å². The van der Waals surface area contributed by atoms with E-state index in [4.69, 9.17) is 5.11 Å². The molecule has 0 atom stereocenters. The monoisotopic (exact) mass is 214 g/mol. The van der Waals surface area contributed by atoms with Crippen molar-refractivity contribution in [1.82, 2.24) is 9.88 Å². The van der Waals surface area contributed by atoms with Gasteiger partial charge in [-0.1, -0.05) is 0 Å². The maximum absolute atomic E-state index is 10.4. The number of carbonyl (C=O) groups is 1. The van der Waals surface area contributed by atoms with Crippen molar-refractivity contribution in [1.29, 1.82) is 0 Å². The smallest absolute Gasteiger partial charge is 0.308 e. The highest BCUT2D eigenvalue weighted by molar-refractivity contribution is 7.11. The molecule has 0 bridgehead atoms. The Balaban J connectivity index is 2.46. The minimum absolute atomic E-state index is 0.0830. The summed E-state index contributed by atoms with van der Waals surface area (Å²) in [5.74, 6) is -0.798. The van der Waals surface area contributed by atoms with Crippen LogP contribution in [-0.4, -0.2) is 41.6 Å². The van der Waals surface area contributed by atoms with Crippen LogP contribution in [0.3, 0.4) is 0 Å². The van der Waals surface area contributed by atoms with E-state index >= 15 is 0 Å². The Hall–Kier alpha value is -0.940. The molecule has 1 aromatic rings. The zero-order valence-corrected chi connectivity index (χ0v) is 9.17.